The molecule has 1 aliphatic heterocycles. The molecular weight excluding hydrogens is 442 g/mol. The molecule has 2 heterocycles. The molecule has 4 aromatic rings. The first-order valence-corrected chi connectivity index (χ1v) is 11.6. The standard InChI is InChI=1S/C28H27N3O4/c32-19-24-23(18-26(35-24)31-17-16-25(33)29-27(31)34)30-28(20-10-4-1-5-11-20,21-12-6-2-7-13-21)22-14-8-3-9-15-22/h1-17,23-24,26,30,32H,18-19H2,(H,29,33,34)/t23-,24+,26+/m0/s1. The summed E-state index contributed by atoms with van der Waals surface area (Å²) in [4.78, 5) is 26.2. The molecule has 0 unspecified atom stereocenters. The monoisotopic (exact) mass is 469 g/mol. The molecule has 5 rings (SSSR count). The number of ether oxygens (including phenoxy) is 1. The molecule has 1 fully saturated rings. The lowest BCUT2D eigenvalue weighted by atomic mass is 9.76. The second kappa shape index (κ2) is 9.84. The topological polar surface area (TPSA) is 96.3 Å². The molecule has 7 nitrogen and oxygen atoms in total. The van der Waals surface area contributed by atoms with Gasteiger partial charge in [0.15, 0.2) is 0 Å². The van der Waals surface area contributed by atoms with Gasteiger partial charge in [-0.05, 0) is 16.7 Å². The molecule has 0 saturated carbocycles. The van der Waals surface area contributed by atoms with Gasteiger partial charge < -0.3 is 9.84 Å². The van der Waals surface area contributed by atoms with Crippen LogP contribution >= 0.6 is 0 Å². The zero-order chi connectivity index (χ0) is 24.3. The van der Waals surface area contributed by atoms with E-state index in [4.69, 9.17) is 4.74 Å². The highest BCUT2D eigenvalue weighted by molar-refractivity contribution is 5.49. The maximum atomic E-state index is 12.4. The average Bonchev–Trinajstić information content (AvgIpc) is 3.31. The largest absolute Gasteiger partial charge is 0.394 e. The minimum Gasteiger partial charge on any atom is -0.394 e. The number of aliphatic hydroxyl groups is 1. The van der Waals surface area contributed by atoms with E-state index < -0.39 is 29.1 Å². The third kappa shape index (κ3) is 4.37. The fourth-order valence-electron chi connectivity index (χ4n) is 4.97. The molecule has 178 valence electrons. The summed E-state index contributed by atoms with van der Waals surface area (Å²) in [5, 5.41) is 14.1. The molecule has 7 heteroatoms. The maximum Gasteiger partial charge on any atom is 0.330 e. The SMILES string of the molecule is O=c1ccn([C@H]2C[C@H](NC(c3ccccc3)(c3ccccc3)c3ccccc3)[C@@H](CO)O2)c(=O)[nH]1. The number of hydrogen-bond acceptors (Lipinski definition) is 5. The average molecular weight is 470 g/mol. The lowest BCUT2D eigenvalue weighted by Gasteiger charge is -2.40. The number of aliphatic hydroxyl groups excluding tert-OH is 1. The lowest BCUT2D eigenvalue weighted by molar-refractivity contribution is -0.0300. The van der Waals surface area contributed by atoms with E-state index in [0.29, 0.717) is 6.42 Å². The number of aromatic nitrogens is 2. The Morgan fingerprint density at radius 3 is 1.83 bits per heavy atom. The summed E-state index contributed by atoms with van der Waals surface area (Å²) in [5.41, 5.74) is 1.38. The fraction of sp³-hybridized carbons (Fsp3) is 0.214. The number of benzene rings is 3. The van der Waals surface area contributed by atoms with Crippen LogP contribution in [-0.2, 0) is 10.3 Å². The summed E-state index contributed by atoms with van der Waals surface area (Å²) in [6.45, 7) is -0.222. The van der Waals surface area contributed by atoms with Crippen molar-refractivity contribution in [2.45, 2.75) is 30.3 Å². The smallest absolute Gasteiger partial charge is 0.330 e. The van der Waals surface area contributed by atoms with E-state index in [1.54, 1.807) is 0 Å². The summed E-state index contributed by atoms with van der Waals surface area (Å²) in [7, 11) is 0. The van der Waals surface area contributed by atoms with Crippen LogP contribution in [0.25, 0.3) is 0 Å². The third-order valence-corrected chi connectivity index (χ3v) is 6.60. The summed E-state index contributed by atoms with van der Waals surface area (Å²) in [5.74, 6) is 0. The van der Waals surface area contributed by atoms with Crippen molar-refractivity contribution in [1.82, 2.24) is 14.9 Å². The second-order valence-corrected chi connectivity index (χ2v) is 8.66. The molecule has 0 aliphatic carbocycles. The number of rotatable bonds is 7. The minimum absolute atomic E-state index is 0.222. The molecule has 1 aromatic heterocycles. The van der Waals surface area contributed by atoms with Crippen LogP contribution < -0.4 is 16.6 Å². The Balaban J connectivity index is 1.62. The zero-order valence-corrected chi connectivity index (χ0v) is 19.1. The Morgan fingerprint density at radius 2 is 1.37 bits per heavy atom. The van der Waals surface area contributed by atoms with Gasteiger partial charge in [0.1, 0.15) is 6.23 Å². The van der Waals surface area contributed by atoms with Crippen LogP contribution in [0.2, 0.25) is 0 Å². The van der Waals surface area contributed by atoms with E-state index in [9.17, 15) is 14.7 Å². The summed E-state index contributed by atoms with van der Waals surface area (Å²) >= 11 is 0. The molecule has 0 spiro atoms. The van der Waals surface area contributed by atoms with Gasteiger partial charge in [0.05, 0.1) is 18.2 Å². The van der Waals surface area contributed by atoms with E-state index in [-0.39, 0.29) is 12.6 Å². The Hall–Kier alpha value is -3.78. The Bertz CT molecular complexity index is 1270. The normalized spacial score (nSPS) is 20.1. The lowest BCUT2D eigenvalue weighted by Crippen LogP contribution is -2.53. The third-order valence-electron chi connectivity index (χ3n) is 6.60. The van der Waals surface area contributed by atoms with Crippen LogP contribution in [0.1, 0.15) is 29.3 Å². The summed E-state index contributed by atoms with van der Waals surface area (Å²) in [6.07, 6.45) is 0.663. The molecule has 3 atom stereocenters. The van der Waals surface area contributed by atoms with Gasteiger partial charge in [-0.3, -0.25) is 19.7 Å². The number of H-pyrrole nitrogens is 1. The quantitative estimate of drug-likeness (QED) is 0.362. The Morgan fingerprint density at radius 1 is 0.857 bits per heavy atom. The molecule has 1 aliphatic rings. The summed E-state index contributed by atoms with van der Waals surface area (Å²) in [6, 6.07) is 31.5. The van der Waals surface area contributed by atoms with Crippen molar-refractivity contribution in [1.29, 1.82) is 0 Å². The van der Waals surface area contributed by atoms with Gasteiger partial charge in [-0.15, -0.1) is 0 Å². The predicted molar refractivity (Wildman–Crippen MR) is 133 cm³/mol. The highest BCUT2D eigenvalue weighted by Crippen LogP contribution is 2.40. The Labute approximate surface area is 202 Å². The minimum atomic E-state index is -0.740. The van der Waals surface area contributed by atoms with Crippen molar-refractivity contribution in [2.75, 3.05) is 6.61 Å². The number of hydrogen-bond donors (Lipinski definition) is 3. The van der Waals surface area contributed by atoms with E-state index >= 15 is 0 Å². The first kappa shape index (κ1) is 23.0. The van der Waals surface area contributed by atoms with Crippen molar-refractivity contribution in [3.63, 3.8) is 0 Å². The van der Waals surface area contributed by atoms with Gasteiger partial charge in [0.2, 0.25) is 0 Å². The molecule has 0 amide bonds. The van der Waals surface area contributed by atoms with Crippen molar-refractivity contribution < 1.29 is 9.84 Å². The van der Waals surface area contributed by atoms with Crippen LogP contribution in [0.15, 0.2) is 113 Å². The van der Waals surface area contributed by atoms with Crippen molar-refractivity contribution in [2.24, 2.45) is 0 Å². The van der Waals surface area contributed by atoms with Crippen LogP contribution in [0.4, 0.5) is 0 Å². The van der Waals surface area contributed by atoms with Crippen LogP contribution in [0.5, 0.6) is 0 Å². The number of nitrogens with one attached hydrogen (secondary N) is 2. The van der Waals surface area contributed by atoms with Gasteiger partial charge in [-0.1, -0.05) is 91.0 Å². The van der Waals surface area contributed by atoms with E-state index in [0.717, 1.165) is 16.7 Å². The van der Waals surface area contributed by atoms with Gasteiger partial charge in [-0.25, -0.2) is 4.79 Å². The van der Waals surface area contributed by atoms with Crippen molar-refractivity contribution in [3.8, 4) is 0 Å². The molecule has 0 bridgehead atoms. The maximum absolute atomic E-state index is 12.4. The van der Waals surface area contributed by atoms with E-state index in [1.165, 1.54) is 16.8 Å². The van der Waals surface area contributed by atoms with Gasteiger partial charge in [-0.2, -0.15) is 0 Å². The fourth-order valence-corrected chi connectivity index (χ4v) is 4.97. The molecule has 3 N–H and O–H groups in total. The summed E-state index contributed by atoms with van der Waals surface area (Å²) < 4.78 is 7.47. The highest BCUT2D eigenvalue weighted by Gasteiger charge is 2.44. The molecule has 35 heavy (non-hydrogen) atoms. The van der Waals surface area contributed by atoms with Crippen molar-refractivity contribution >= 4 is 0 Å². The predicted octanol–water partition coefficient (Wildman–Crippen LogP) is 2.77. The van der Waals surface area contributed by atoms with E-state index in [1.807, 2.05) is 54.6 Å². The first-order valence-electron chi connectivity index (χ1n) is 11.6. The highest BCUT2D eigenvalue weighted by atomic mass is 16.5. The van der Waals surface area contributed by atoms with Gasteiger partial charge >= 0.3 is 5.69 Å². The van der Waals surface area contributed by atoms with E-state index in [2.05, 4.69) is 46.7 Å². The molecular formula is C28H27N3O4. The number of aromatic amines is 1. The van der Waals surface area contributed by atoms with Crippen LogP contribution in [0.3, 0.4) is 0 Å². The molecule has 3 aromatic carbocycles. The number of nitrogens with zero attached hydrogens (tertiary/aromatic N) is 1. The van der Waals surface area contributed by atoms with Gasteiger partial charge in [0, 0.05) is 24.7 Å². The first-order chi connectivity index (χ1) is 17.1. The Kier molecular flexibility index (Phi) is 6.46. The van der Waals surface area contributed by atoms with Crippen LogP contribution in [0, 0.1) is 0 Å². The van der Waals surface area contributed by atoms with Crippen LogP contribution in [-0.4, -0.2) is 33.4 Å². The van der Waals surface area contributed by atoms with Crippen molar-refractivity contribution in [3.05, 3.63) is 141 Å². The second-order valence-electron chi connectivity index (χ2n) is 8.66. The molecule has 0 radical (unpaired) electrons. The van der Waals surface area contributed by atoms with Gasteiger partial charge in [0.25, 0.3) is 5.56 Å². The zero-order valence-electron chi connectivity index (χ0n) is 19.1. The molecule has 1 saturated heterocycles.